The number of benzene rings is 1. The van der Waals surface area contributed by atoms with E-state index in [0.29, 0.717) is 42.9 Å². The number of methoxy groups -OCH3 is 2. The van der Waals surface area contributed by atoms with Crippen LogP contribution in [-0.4, -0.2) is 91.5 Å². The van der Waals surface area contributed by atoms with Gasteiger partial charge in [0.2, 0.25) is 5.91 Å². The zero-order chi connectivity index (χ0) is 33.4. The molecule has 4 heterocycles. The van der Waals surface area contributed by atoms with E-state index in [0.717, 1.165) is 12.8 Å². The molecule has 0 radical (unpaired) electrons. The molecule has 0 saturated carbocycles. The molecule has 3 aliphatic rings. The van der Waals surface area contributed by atoms with Gasteiger partial charge in [0.1, 0.15) is 0 Å². The molecule has 5 rings (SSSR count). The molecule has 2 aromatic rings. The van der Waals surface area contributed by atoms with Crippen LogP contribution in [0.1, 0.15) is 51.0 Å². The van der Waals surface area contributed by atoms with Crippen LogP contribution in [0.5, 0.6) is 5.75 Å². The highest BCUT2D eigenvalue weighted by Crippen LogP contribution is 2.60. The molecular formula is C33H45N3O9Si. The van der Waals surface area contributed by atoms with E-state index < -0.39 is 31.5 Å². The lowest BCUT2D eigenvalue weighted by Gasteiger charge is -2.33. The van der Waals surface area contributed by atoms with Crippen molar-refractivity contribution in [1.29, 1.82) is 0 Å². The molecule has 13 heteroatoms. The summed E-state index contributed by atoms with van der Waals surface area (Å²) >= 11 is 0. The summed E-state index contributed by atoms with van der Waals surface area (Å²) in [5.74, 6) is -1.13. The predicted molar refractivity (Wildman–Crippen MR) is 172 cm³/mol. The number of nitrogens with zero attached hydrogens (tertiary/aromatic N) is 3. The molecule has 12 nitrogen and oxygen atoms in total. The molecule has 2 N–H and O–H groups in total. The van der Waals surface area contributed by atoms with Crippen molar-refractivity contribution >= 4 is 31.8 Å². The number of hydrogen-bond acceptors (Lipinski definition) is 9. The van der Waals surface area contributed by atoms with Crippen LogP contribution in [0.15, 0.2) is 41.3 Å². The van der Waals surface area contributed by atoms with Gasteiger partial charge in [0.05, 0.1) is 45.1 Å². The number of amides is 2. The number of aliphatic hydroxyl groups is 1. The summed E-state index contributed by atoms with van der Waals surface area (Å²) in [5.41, 5.74) is -0.642. The van der Waals surface area contributed by atoms with Gasteiger partial charge in [-0.1, -0.05) is 6.92 Å². The van der Waals surface area contributed by atoms with Gasteiger partial charge in [-0.2, -0.15) is 0 Å². The molecule has 46 heavy (non-hydrogen) atoms. The molecular weight excluding hydrogens is 610 g/mol. The number of esters is 1. The van der Waals surface area contributed by atoms with Crippen LogP contribution in [0.25, 0.3) is 5.69 Å². The number of anilines is 1. The second kappa shape index (κ2) is 13.3. The van der Waals surface area contributed by atoms with Crippen LogP contribution in [0.4, 0.5) is 5.69 Å². The molecule has 0 unspecified atom stereocenters. The van der Waals surface area contributed by atoms with Crippen LogP contribution in [0, 0.1) is 5.92 Å². The quantitative estimate of drug-likeness (QED) is 0.212. The van der Waals surface area contributed by atoms with E-state index in [9.17, 15) is 29.1 Å². The van der Waals surface area contributed by atoms with Gasteiger partial charge >= 0.3 is 5.97 Å². The average molecular weight is 656 g/mol. The molecule has 0 bridgehead atoms. The zero-order valence-electron chi connectivity index (χ0n) is 27.2. The van der Waals surface area contributed by atoms with Crippen LogP contribution < -0.4 is 15.2 Å². The number of likely N-dealkylation sites (tertiary alicyclic amines) is 1. The van der Waals surface area contributed by atoms with Gasteiger partial charge in [-0.25, -0.2) is 0 Å². The molecule has 1 spiro atoms. The van der Waals surface area contributed by atoms with E-state index in [1.807, 2.05) is 6.92 Å². The first kappa shape index (κ1) is 33.8. The summed E-state index contributed by atoms with van der Waals surface area (Å²) in [7, 11) is -0.266. The summed E-state index contributed by atoms with van der Waals surface area (Å²) < 4.78 is 18.3. The second-order valence-electron chi connectivity index (χ2n) is 13.1. The third-order valence-electron chi connectivity index (χ3n) is 9.90. The van der Waals surface area contributed by atoms with Gasteiger partial charge in [-0.3, -0.25) is 23.7 Å². The normalized spacial score (nSPS) is 25.8. The van der Waals surface area contributed by atoms with E-state index in [1.54, 1.807) is 59.4 Å². The third kappa shape index (κ3) is 5.89. The Hall–Kier alpha value is -3.52. The number of hydrogen-bond donors (Lipinski definition) is 2. The predicted octanol–water partition coefficient (Wildman–Crippen LogP) is 2.71. The first-order chi connectivity index (χ1) is 21.9. The number of carbonyl (C=O) groups excluding carboxylic acids is 3. The fraction of sp³-hybridized carbons (Fsp3) is 0.576. The maximum atomic E-state index is 14.7. The molecule has 0 aliphatic carbocycles. The Kier molecular flexibility index (Phi) is 9.78. The van der Waals surface area contributed by atoms with Gasteiger partial charge in [0.25, 0.3) is 11.5 Å². The van der Waals surface area contributed by atoms with E-state index in [4.69, 9.17) is 14.2 Å². The molecule has 250 valence electrons. The summed E-state index contributed by atoms with van der Waals surface area (Å²) in [4.78, 5) is 68.2. The van der Waals surface area contributed by atoms with Crippen LogP contribution >= 0.6 is 0 Å². The van der Waals surface area contributed by atoms with Crippen molar-refractivity contribution in [1.82, 2.24) is 9.47 Å². The number of pyridine rings is 1. The van der Waals surface area contributed by atoms with Gasteiger partial charge < -0.3 is 33.9 Å². The maximum Gasteiger partial charge on any atom is 0.305 e. The van der Waals surface area contributed by atoms with E-state index >= 15 is 0 Å². The lowest BCUT2D eigenvalue weighted by atomic mass is 9.82. The molecule has 2 saturated heterocycles. The SMILES string of the molecule is COC(=O)CCCCN1C(=O)[C@@]2(O[C@@H](CC(=O)N3CCC[C@H]3CO)[C@H]([Si](C)(C)O)[C@H]2C)c2cc(-n3cccc(OC)c3=O)ccc21. The Morgan fingerprint density at radius 3 is 2.59 bits per heavy atom. The summed E-state index contributed by atoms with van der Waals surface area (Å²) in [5, 5.41) is 9.85. The van der Waals surface area contributed by atoms with Crippen LogP contribution in [0.3, 0.4) is 0 Å². The van der Waals surface area contributed by atoms with Crippen molar-refractivity contribution in [2.75, 3.05) is 38.8 Å². The minimum Gasteiger partial charge on any atom is -0.491 e. The number of fused-ring (bicyclic) bond motifs is 2. The van der Waals surface area contributed by atoms with Crippen LogP contribution in [-0.2, 0) is 29.5 Å². The fourth-order valence-corrected chi connectivity index (χ4v) is 10.3. The molecule has 3 aliphatic heterocycles. The minimum atomic E-state index is -3.03. The Bertz CT molecular complexity index is 1540. The number of unbranched alkanes of at least 4 members (excludes halogenated alkanes) is 1. The lowest BCUT2D eigenvalue weighted by molar-refractivity contribution is -0.150. The summed E-state index contributed by atoms with van der Waals surface area (Å²) in [6.45, 7) is 6.25. The lowest BCUT2D eigenvalue weighted by Crippen LogP contribution is -2.46. The number of aromatic nitrogens is 1. The smallest absolute Gasteiger partial charge is 0.305 e. The fourth-order valence-electron chi connectivity index (χ4n) is 7.75. The Labute approximate surface area is 270 Å². The Balaban J connectivity index is 1.58. The van der Waals surface area contributed by atoms with Gasteiger partial charge in [-0.15, -0.1) is 0 Å². The summed E-state index contributed by atoms with van der Waals surface area (Å²) in [6, 6.07) is 8.37. The first-order valence-electron chi connectivity index (χ1n) is 16.0. The van der Waals surface area contributed by atoms with Crippen molar-refractivity contribution in [3.8, 4) is 11.4 Å². The van der Waals surface area contributed by atoms with E-state index in [2.05, 4.69) is 0 Å². The topological polar surface area (TPSA) is 148 Å². The number of aliphatic hydroxyl groups excluding tert-OH is 1. The number of ether oxygens (including phenoxy) is 3. The molecule has 2 fully saturated rings. The molecule has 5 atom stereocenters. The van der Waals surface area contributed by atoms with Crippen molar-refractivity contribution in [2.24, 2.45) is 5.92 Å². The Morgan fingerprint density at radius 2 is 1.91 bits per heavy atom. The monoisotopic (exact) mass is 655 g/mol. The van der Waals surface area contributed by atoms with Gasteiger partial charge in [0, 0.05) is 48.4 Å². The van der Waals surface area contributed by atoms with Crippen molar-refractivity contribution < 1.29 is 38.5 Å². The third-order valence-corrected chi connectivity index (χ3v) is 12.4. The van der Waals surface area contributed by atoms with Gasteiger partial charge in [-0.05, 0) is 69.1 Å². The highest BCUT2D eigenvalue weighted by atomic mass is 28.4. The standard InChI is InChI=1S/C33H45N3O9Si/c1-21-30(46(4,5)42)27(19-28(38)34-16-8-10-23(34)20-37)45-33(21)24-18-22(35-17-9-11-26(43-2)31(35)40)13-14-25(24)36(32(33)41)15-7-6-12-29(39)44-3/h9,11,13-14,17-18,21,23,27,30,37,42H,6-8,10,12,15-16,19-20H2,1-5H3/t21-,23+,27+,30-,33+/m1/s1. The first-order valence-corrected chi connectivity index (χ1v) is 19.0. The largest absolute Gasteiger partial charge is 0.491 e. The van der Waals surface area contributed by atoms with E-state index in [-0.39, 0.29) is 54.6 Å². The number of carbonyl (C=O) groups is 3. The number of rotatable bonds is 11. The Morgan fingerprint density at radius 1 is 1.15 bits per heavy atom. The zero-order valence-corrected chi connectivity index (χ0v) is 28.2. The molecule has 1 aromatic carbocycles. The minimum absolute atomic E-state index is 0.0268. The molecule has 1 aromatic heterocycles. The molecule has 2 amide bonds. The summed E-state index contributed by atoms with van der Waals surface area (Å²) in [6.07, 6.45) is 3.66. The second-order valence-corrected chi connectivity index (χ2v) is 17.0. The van der Waals surface area contributed by atoms with Crippen molar-refractivity contribution in [3.05, 3.63) is 52.4 Å². The highest BCUT2D eigenvalue weighted by molar-refractivity contribution is 6.71. The maximum absolute atomic E-state index is 14.7. The van der Waals surface area contributed by atoms with Crippen LogP contribution in [0.2, 0.25) is 18.6 Å². The average Bonchev–Trinajstić information content (AvgIpc) is 3.69. The van der Waals surface area contributed by atoms with Crippen molar-refractivity contribution in [2.45, 2.75) is 81.8 Å². The highest BCUT2D eigenvalue weighted by Gasteiger charge is 2.66. The van der Waals surface area contributed by atoms with Crippen molar-refractivity contribution in [3.63, 3.8) is 0 Å². The van der Waals surface area contributed by atoms with E-state index in [1.165, 1.54) is 18.8 Å². The van der Waals surface area contributed by atoms with Gasteiger partial charge in [0.15, 0.2) is 19.7 Å².